The van der Waals surface area contributed by atoms with Gasteiger partial charge in [0, 0.05) is 43.4 Å². The van der Waals surface area contributed by atoms with Gasteiger partial charge in [-0.15, -0.1) is 0 Å². The maximum atomic E-state index is 12.7. The number of rotatable bonds is 4. The molecule has 0 N–H and O–H groups in total. The van der Waals surface area contributed by atoms with E-state index in [1.54, 1.807) is 18.3 Å². The quantitative estimate of drug-likeness (QED) is 0.534. The van der Waals surface area contributed by atoms with E-state index in [4.69, 9.17) is 4.42 Å². The van der Waals surface area contributed by atoms with Crippen LogP contribution in [-0.4, -0.2) is 43.2 Å². The highest BCUT2D eigenvalue weighted by Gasteiger charge is 2.28. The van der Waals surface area contributed by atoms with Gasteiger partial charge < -0.3 is 13.9 Å². The largest absolute Gasteiger partial charge is 0.459 e. The second-order valence-corrected chi connectivity index (χ2v) is 7.18. The van der Waals surface area contributed by atoms with E-state index >= 15 is 0 Å². The zero-order valence-electron chi connectivity index (χ0n) is 15.9. The number of amides is 1. The number of carbonyl (C=O) groups excluding carboxylic acids is 1. The Hall–Kier alpha value is -3.61. The Kier molecular flexibility index (Phi) is 4.48. The monoisotopic (exact) mass is 387 g/mol. The lowest BCUT2D eigenvalue weighted by molar-refractivity contribution is 0.0648. The average Bonchev–Trinajstić information content (AvgIpc) is 3.55. The highest BCUT2D eigenvalue weighted by atomic mass is 16.3. The maximum Gasteiger partial charge on any atom is 0.289 e. The SMILES string of the molecule is O=C(c1ccco1)N1CCC[C@H](n2ccnc2-c2cccc(-n3cccn3)c2)C1. The molecule has 146 valence electrons. The van der Waals surface area contributed by atoms with Crippen LogP contribution in [0.25, 0.3) is 17.1 Å². The minimum Gasteiger partial charge on any atom is -0.459 e. The molecule has 0 spiro atoms. The molecular formula is C22H21N5O2. The number of hydrogen-bond acceptors (Lipinski definition) is 4. The highest BCUT2D eigenvalue weighted by Crippen LogP contribution is 2.29. The number of imidazole rings is 1. The molecule has 1 atom stereocenters. The van der Waals surface area contributed by atoms with Gasteiger partial charge in [-0.3, -0.25) is 4.79 Å². The van der Waals surface area contributed by atoms with Crippen LogP contribution in [0.2, 0.25) is 0 Å². The number of carbonyl (C=O) groups is 1. The zero-order chi connectivity index (χ0) is 19.6. The second kappa shape index (κ2) is 7.43. The van der Waals surface area contributed by atoms with Gasteiger partial charge in [0.15, 0.2) is 5.76 Å². The number of benzene rings is 1. The summed E-state index contributed by atoms with van der Waals surface area (Å²) < 4.78 is 9.32. The van der Waals surface area contributed by atoms with Gasteiger partial charge in [-0.1, -0.05) is 12.1 Å². The van der Waals surface area contributed by atoms with Gasteiger partial charge in [-0.2, -0.15) is 5.10 Å². The van der Waals surface area contributed by atoms with Crippen LogP contribution < -0.4 is 0 Å². The first kappa shape index (κ1) is 17.5. The molecule has 0 bridgehead atoms. The smallest absolute Gasteiger partial charge is 0.289 e. The lowest BCUT2D eigenvalue weighted by Gasteiger charge is -2.33. The van der Waals surface area contributed by atoms with Crippen molar-refractivity contribution in [2.45, 2.75) is 18.9 Å². The van der Waals surface area contributed by atoms with Crippen molar-refractivity contribution in [2.24, 2.45) is 0 Å². The van der Waals surface area contributed by atoms with Crippen molar-refractivity contribution in [3.8, 4) is 17.1 Å². The molecule has 1 saturated heterocycles. The van der Waals surface area contributed by atoms with E-state index in [9.17, 15) is 4.79 Å². The summed E-state index contributed by atoms with van der Waals surface area (Å²) in [5.74, 6) is 1.24. The lowest BCUT2D eigenvalue weighted by Crippen LogP contribution is -2.40. The van der Waals surface area contributed by atoms with E-state index in [2.05, 4.69) is 26.8 Å². The Balaban J connectivity index is 1.42. The molecule has 0 radical (unpaired) electrons. The first-order chi connectivity index (χ1) is 14.3. The third-order valence-electron chi connectivity index (χ3n) is 5.35. The molecule has 1 fully saturated rings. The molecule has 7 heteroatoms. The summed E-state index contributed by atoms with van der Waals surface area (Å²) in [5, 5.41) is 4.31. The summed E-state index contributed by atoms with van der Waals surface area (Å²) in [7, 11) is 0. The zero-order valence-corrected chi connectivity index (χ0v) is 15.9. The third-order valence-corrected chi connectivity index (χ3v) is 5.35. The standard InChI is InChI=1S/C22H21N5O2/c28-22(20-8-3-14-29-20)25-11-2-7-19(16-25)26-13-10-23-21(26)17-5-1-6-18(15-17)27-12-4-9-24-27/h1,3-6,8-10,12-15,19H,2,7,11,16H2/t19-/m0/s1. The number of piperidine rings is 1. The van der Waals surface area contributed by atoms with Gasteiger partial charge >= 0.3 is 0 Å². The molecule has 1 aliphatic rings. The summed E-state index contributed by atoms with van der Waals surface area (Å²) in [5.41, 5.74) is 2.01. The fourth-order valence-electron chi connectivity index (χ4n) is 3.96. The van der Waals surface area contributed by atoms with Crippen LogP contribution >= 0.6 is 0 Å². The summed E-state index contributed by atoms with van der Waals surface area (Å²) in [6.07, 6.45) is 11.0. The predicted octanol–water partition coefficient (Wildman–Crippen LogP) is 3.81. The maximum absolute atomic E-state index is 12.7. The summed E-state index contributed by atoms with van der Waals surface area (Å²) >= 11 is 0. The average molecular weight is 387 g/mol. The Morgan fingerprint density at radius 3 is 2.90 bits per heavy atom. The van der Waals surface area contributed by atoms with Crippen LogP contribution in [0.5, 0.6) is 0 Å². The molecule has 0 saturated carbocycles. The molecule has 7 nitrogen and oxygen atoms in total. The Morgan fingerprint density at radius 2 is 2.07 bits per heavy atom. The molecule has 5 rings (SSSR count). The molecule has 3 aromatic heterocycles. The fourth-order valence-corrected chi connectivity index (χ4v) is 3.96. The van der Waals surface area contributed by atoms with Crippen LogP contribution in [-0.2, 0) is 0 Å². The van der Waals surface area contributed by atoms with E-state index < -0.39 is 0 Å². The van der Waals surface area contributed by atoms with Crippen molar-refractivity contribution < 1.29 is 9.21 Å². The minimum absolute atomic E-state index is 0.0537. The summed E-state index contributed by atoms with van der Waals surface area (Å²) in [6, 6.07) is 13.7. The van der Waals surface area contributed by atoms with Gasteiger partial charge in [0.05, 0.1) is 18.0 Å². The topological polar surface area (TPSA) is 69.1 Å². The summed E-state index contributed by atoms with van der Waals surface area (Å²) in [4.78, 5) is 19.2. The van der Waals surface area contributed by atoms with Crippen LogP contribution in [0.3, 0.4) is 0 Å². The highest BCUT2D eigenvalue weighted by molar-refractivity contribution is 5.91. The molecule has 1 aliphatic heterocycles. The van der Waals surface area contributed by atoms with E-state index in [1.807, 2.05) is 46.4 Å². The van der Waals surface area contributed by atoms with Gasteiger partial charge in [0.25, 0.3) is 5.91 Å². The molecule has 0 aliphatic carbocycles. The second-order valence-electron chi connectivity index (χ2n) is 7.18. The Morgan fingerprint density at radius 1 is 1.10 bits per heavy atom. The first-order valence-corrected chi connectivity index (χ1v) is 9.76. The molecule has 1 aromatic carbocycles. The third kappa shape index (κ3) is 3.35. The number of furan rings is 1. The number of hydrogen-bond donors (Lipinski definition) is 0. The van der Waals surface area contributed by atoms with Gasteiger partial charge in [-0.05, 0) is 43.2 Å². The van der Waals surface area contributed by atoms with E-state index in [0.717, 1.165) is 36.5 Å². The van der Waals surface area contributed by atoms with Crippen molar-refractivity contribution >= 4 is 5.91 Å². The van der Waals surface area contributed by atoms with Crippen molar-refractivity contribution in [3.63, 3.8) is 0 Å². The van der Waals surface area contributed by atoms with Crippen LogP contribution in [0.15, 0.2) is 77.9 Å². The van der Waals surface area contributed by atoms with Gasteiger partial charge in [0.2, 0.25) is 0 Å². The number of nitrogens with zero attached hydrogens (tertiary/aromatic N) is 5. The van der Waals surface area contributed by atoms with Crippen LogP contribution in [0, 0.1) is 0 Å². The number of likely N-dealkylation sites (tertiary alicyclic amines) is 1. The minimum atomic E-state index is -0.0537. The fraction of sp³-hybridized carbons (Fsp3) is 0.227. The van der Waals surface area contributed by atoms with Crippen LogP contribution in [0.4, 0.5) is 0 Å². The molecular weight excluding hydrogens is 366 g/mol. The normalized spacial score (nSPS) is 16.8. The van der Waals surface area contributed by atoms with E-state index in [1.165, 1.54) is 6.26 Å². The predicted molar refractivity (Wildman–Crippen MR) is 108 cm³/mol. The van der Waals surface area contributed by atoms with Crippen molar-refractivity contribution in [1.29, 1.82) is 0 Å². The van der Waals surface area contributed by atoms with E-state index in [-0.39, 0.29) is 11.9 Å². The van der Waals surface area contributed by atoms with Crippen molar-refractivity contribution in [3.05, 3.63) is 79.3 Å². The Bertz CT molecular complexity index is 1100. The van der Waals surface area contributed by atoms with Gasteiger partial charge in [-0.25, -0.2) is 9.67 Å². The molecule has 0 unspecified atom stereocenters. The lowest BCUT2D eigenvalue weighted by atomic mass is 10.0. The van der Waals surface area contributed by atoms with Crippen molar-refractivity contribution in [1.82, 2.24) is 24.2 Å². The van der Waals surface area contributed by atoms with Gasteiger partial charge in [0.1, 0.15) is 5.82 Å². The molecule has 4 heterocycles. The molecule has 4 aromatic rings. The Labute approximate surface area is 168 Å². The molecule has 1 amide bonds. The molecule has 29 heavy (non-hydrogen) atoms. The van der Waals surface area contributed by atoms with Crippen molar-refractivity contribution in [2.75, 3.05) is 13.1 Å². The summed E-state index contributed by atoms with van der Waals surface area (Å²) in [6.45, 7) is 1.39. The van der Waals surface area contributed by atoms with E-state index in [0.29, 0.717) is 12.3 Å². The first-order valence-electron chi connectivity index (χ1n) is 9.76. The number of aromatic nitrogens is 4. The van der Waals surface area contributed by atoms with Crippen LogP contribution in [0.1, 0.15) is 29.4 Å².